The van der Waals surface area contributed by atoms with E-state index in [1.54, 1.807) is 0 Å². The van der Waals surface area contributed by atoms with Crippen LogP contribution in [0.5, 0.6) is 0 Å². The predicted molar refractivity (Wildman–Crippen MR) is 166 cm³/mol. The number of rotatable bonds is 4. The Kier molecular flexibility index (Phi) is 6.65. The average molecular weight is 559 g/mol. The molecular weight excluding hydrogens is 507 g/mol. The minimum atomic E-state index is -1.44. The van der Waals surface area contributed by atoms with Crippen molar-refractivity contribution in [3.05, 3.63) is 48.1 Å². The van der Waals surface area contributed by atoms with E-state index in [2.05, 4.69) is 66.3 Å². The molecule has 6 rings (SSSR count). The van der Waals surface area contributed by atoms with Gasteiger partial charge in [-0.25, -0.2) is 0 Å². The Hall–Kier alpha value is -1.85. The molecule has 0 spiro atoms. The van der Waals surface area contributed by atoms with Crippen LogP contribution in [0.1, 0.15) is 105 Å². The number of allylic oxidation sites excluding steroid dienone is 3. The number of benzene rings is 1. The minimum Gasteiger partial charge on any atom is -0.481 e. The van der Waals surface area contributed by atoms with Crippen LogP contribution in [-0.4, -0.2) is 28.2 Å². The summed E-state index contributed by atoms with van der Waals surface area (Å²) in [6, 6.07) is 7.79. The van der Waals surface area contributed by atoms with Crippen molar-refractivity contribution in [3.63, 3.8) is 0 Å². The normalized spacial score (nSPS) is 44.5. The first-order valence-electron chi connectivity index (χ1n) is 16.2. The zero-order valence-electron chi connectivity index (χ0n) is 26.2. The summed E-state index contributed by atoms with van der Waals surface area (Å²) in [4.78, 5) is 12.9. The number of hydrogen-bond donors (Lipinski definition) is 3. The maximum atomic E-state index is 12.9. The number of carboxylic acid groups (broad SMARTS) is 1. The first kappa shape index (κ1) is 29.2. The van der Waals surface area contributed by atoms with Crippen LogP contribution in [-0.2, 0) is 4.79 Å². The topological polar surface area (TPSA) is 77.8 Å². The van der Waals surface area contributed by atoms with Gasteiger partial charge in [0.05, 0.1) is 5.41 Å². The SMILES string of the molecule is C=C(C)C1CCC2(C(=O)O)CCC3(C)C(CCC4C5(C)CC=C(c6ccc(B(O)O)cc6)C(C)(C)C5CCC43C)C12. The molecule has 5 aliphatic rings. The van der Waals surface area contributed by atoms with Crippen LogP contribution in [0.25, 0.3) is 5.57 Å². The lowest BCUT2D eigenvalue weighted by Crippen LogP contribution is -2.65. The van der Waals surface area contributed by atoms with Gasteiger partial charge in [-0.3, -0.25) is 4.79 Å². The Bertz CT molecular complexity index is 1280. The maximum Gasteiger partial charge on any atom is 0.488 e. The molecule has 0 bridgehead atoms. The van der Waals surface area contributed by atoms with Crippen molar-refractivity contribution < 1.29 is 19.9 Å². The summed E-state index contributed by atoms with van der Waals surface area (Å²) in [6.07, 6.45) is 12.0. The van der Waals surface area contributed by atoms with Crippen LogP contribution < -0.4 is 5.46 Å². The molecule has 0 saturated heterocycles. The van der Waals surface area contributed by atoms with Crippen molar-refractivity contribution in [2.75, 3.05) is 0 Å². The molecular formula is C36H51BO4. The zero-order valence-corrected chi connectivity index (χ0v) is 26.2. The van der Waals surface area contributed by atoms with E-state index in [0.29, 0.717) is 29.1 Å². The molecule has 0 heterocycles. The highest BCUT2D eigenvalue weighted by molar-refractivity contribution is 6.58. The monoisotopic (exact) mass is 558 g/mol. The smallest absolute Gasteiger partial charge is 0.481 e. The van der Waals surface area contributed by atoms with E-state index in [0.717, 1.165) is 38.5 Å². The highest BCUT2D eigenvalue weighted by atomic mass is 16.4. The molecule has 4 fully saturated rings. The third-order valence-corrected chi connectivity index (χ3v) is 14.6. The molecule has 9 atom stereocenters. The highest BCUT2D eigenvalue weighted by Crippen LogP contribution is 2.77. The molecule has 1 aromatic rings. The van der Waals surface area contributed by atoms with Gasteiger partial charge < -0.3 is 15.2 Å². The van der Waals surface area contributed by atoms with E-state index < -0.39 is 18.5 Å². The van der Waals surface area contributed by atoms with Crippen LogP contribution in [0.4, 0.5) is 0 Å². The fourth-order valence-electron chi connectivity index (χ4n) is 12.4. The minimum absolute atomic E-state index is 0.00690. The molecule has 41 heavy (non-hydrogen) atoms. The Balaban J connectivity index is 1.37. The fourth-order valence-corrected chi connectivity index (χ4v) is 12.4. The number of fused-ring (bicyclic) bond motifs is 7. The molecule has 0 radical (unpaired) electrons. The quantitative estimate of drug-likeness (QED) is 0.272. The summed E-state index contributed by atoms with van der Waals surface area (Å²) in [5.41, 5.74) is 4.27. The maximum absolute atomic E-state index is 12.9. The zero-order chi connectivity index (χ0) is 29.8. The first-order valence-corrected chi connectivity index (χ1v) is 16.2. The molecule has 1 aromatic carbocycles. The van der Waals surface area contributed by atoms with Crippen molar-refractivity contribution in [2.45, 2.75) is 99.3 Å². The van der Waals surface area contributed by atoms with E-state index in [1.165, 1.54) is 36.0 Å². The molecule has 9 unspecified atom stereocenters. The van der Waals surface area contributed by atoms with E-state index in [-0.39, 0.29) is 27.6 Å². The summed E-state index contributed by atoms with van der Waals surface area (Å²) >= 11 is 0. The third kappa shape index (κ3) is 3.76. The average Bonchev–Trinajstić information content (AvgIpc) is 3.30. The number of aliphatic carboxylic acids is 1. The van der Waals surface area contributed by atoms with Crippen molar-refractivity contribution in [3.8, 4) is 0 Å². The lowest BCUT2D eigenvalue weighted by atomic mass is 9.32. The Morgan fingerprint density at radius 3 is 2.17 bits per heavy atom. The van der Waals surface area contributed by atoms with Gasteiger partial charge in [0.15, 0.2) is 0 Å². The Labute approximate surface area is 247 Å². The van der Waals surface area contributed by atoms with E-state index in [4.69, 9.17) is 0 Å². The van der Waals surface area contributed by atoms with Gasteiger partial charge in [-0.05, 0) is 133 Å². The van der Waals surface area contributed by atoms with Gasteiger partial charge in [0.2, 0.25) is 0 Å². The van der Waals surface area contributed by atoms with Crippen molar-refractivity contribution in [1.29, 1.82) is 0 Å². The largest absolute Gasteiger partial charge is 0.488 e. The second kappa shape index (κ2) is 9.33. The molecule has 0 amide bonds. The Morgan fingerprint density at radius 2 is 1.56 bits per heavy atom. The molecule has 222 valence electrons. The number of carboxylic acids is 1. The number of carbonyl (C=O) groups is 1. The molecule has 5 aliphatic carbocycles. The molecule has 0 aliphatic heterocycles. The lowest BCUT2D eigenvalue weighted by Gasteiger charge is -2.72. The lowest BCUT2D eigenvalue weighted by molar-refractivity contribution is -0.227. The molecule has 3 N–H and O–H groups in total. The van der Waals surface area contributed by atoms with Gasteiger partial charge in [0, 0.05) is 0 Å². The summed E-state index contributed by atoms with van der Waals surface area (Å²) in [7, 11) is -1.44. The van der Waals surface area contributed by atoms with Crippen molar-refractivity contribution >= 4 is 24.1 Å². The van der Waals surface area contributed by atoms with E-state index in [1.807, 2.05) is 12.1 Å². The van der Waals surface area contributed by atoms with Gasteiger partial charge in [-0.15, -0.1) is 0 Å². The van der Waals surface area contributed by atoms with E-state index >= 15 is 0 Å². The van der Waals surface area contributed by atoms with Crippen LogP contribution in [0.3, 0.4) is 0 Å². The van der Waals surface area contributed by atoms with Crippen LogP contribution in [0, 0.1) is 56.7 Å². The van der Waals surface area contributed by atoms with Crippen LogP contribution in [0.2, 0.25) is 0 Å². The van der Waals surface area contributed by atoms with Gasteiger partial charge in [-0.1, -0.05) is 77.1 Å². The Morgan fingerprint density at radius 1 is 0.878 bits per heavy atom. The van der Waals surface area contributed by atoms with Crippen LogP contribution in [0.15, 0.2) is 42.5 Å². The molecule has 5 heteroatoms. The summed E-state index contributed by atoms with van der Waals surface area (Å²) in [6.45, 7) is 19.1. The van der Waals surface area contributed by atoms with Gasteiger partial charge in [0.25, 0.3) is 0 Å². The van der Waals surface area contributed by atoms with E-state index in [9.17, 15) is 19.9 Å². The second-order valence-electron chi connectivity index (χ2n) is 16.2. The van der Waals surface area contributed by atoms with Crippen molar-refractivity contribution in [2.24, 2.45) is 56.7 Å². The van der Waals surface area contributed by atoms with Gasteiger partial charge >= 0.3 is 13.1 Å². The molecule has 4 saturated carbocycles. The summed E-state index contributed by atoms with van der Waals surface area (Å²) in [5.74, 6) is 1.62. The van der Waals surface area contributed by atoms with Gasteiger partial charge in [0.1, 0.15) is 0 Å². The summed E-state index contributed by atoms with van der Waals surface area (Å²) in [5, 5.41) is 29.8. The highest BCUT2D eigenvalue weighted by Gasteiger charge is 2.71. The van der Waals surface area contributed by atoms with Crippen LogP contribution >= 0.6 is 0 Å². The number of hydrogen-bond acceptors (Lipinski definition) is 3. The third-order valence-electron chi connectivity index (χ3n) is 14.6. The second-order valence-corrected chi connectivity index (χ2v) is 16.2. The van der Waals surface area contributed by atoms with Gasteiger partial charge in [-0.2, -0.15) is 0 Å². The predicted octanol–water partition coefficient (Wildman–Crippen LogP) is 7.10. The summed E-state index contributed by atoms with van der Waals surface area (Å²) < 4.78 is 0. The standard InChI is InChI=1S/C36H51BO4/c1-22(2)25-14-19-36(31(38)39)21-20-34(6)27(30(25)36)12-13-29-33(5)17-15-26(23-8-10-24(11-9-23)37(40)41)32(3,4)28(33)16-18-35(29,34)7/h8-11,15,25,27-30,40-41H,1,12-14,16-21H2,2-7H3,(H,38,39). The molecule has 4 nitrogen and oxygen atoms in total. The fraction of sp³-hybridized carbons (Fsp3) is 0.694. The molecule has 0 aromatic heterocycles. The first-order chi connectivity index (χ1) is 19.1. The van der Waals surface area contributed by atoms with Crippen molar-refractivity contribution in [1.82, 2.24) is 0 Å².